The van der Waals surface area contributed by atoms with Crippen LogP contribution in [-0.2, 0) is 0 Å². The Morgan fingerprint density at radius 3 is 2.78 bits per heavy atom. The van der Waals surface area contributed by atoms with Gasteiger partial charge in [-0.2, -0.15) is 0 Å². The first-order valence-electron chi connectivity index (χ1n) is 7.30. The number of allylic oxidation sites excluding steroid dienone is 1. The van der Waals surface area contributed by atoms with Gasteiger partial charge in [-0.3, -0.25) is 0 Å². The smallest absolute Gasteiger partial charge is 0.0630 e. The molecule has 1 aliphatic rings. The SMILES string of the molecule is CCNC(/C1=C/CCCCCC1)c1ccc(C)s1. The molecule has 0 saturated heterocycles. The van der Waals surface area contributed by atoms with Gasteiger partial charge in [0.1, 0.15) is 0 Å². The van der Waals surface area contributed by atoms with Gasteiger partial charge in [0.2, 0.25) is 0 Å². The summed E-state index contributed by atoms with van der Waals surface area (Å²) in [5, 5.41) is 3.67. The third-order valence-electron chi connectivity index (χ3n) is 3.65. The van der Waals surface area contributed by atoms with Crippen molar-refractivity contribution in [3.63, 3.8) is 0 Å². The summed E-state index contributed by atoms with van der Waals surface area (Å²) < 4.78 is 0. The third-order valence-corrected chi connectivity index (χ3v) is 4.72. The minimum absolute atomic E-state index is 0.465. The molecular formula is C16H25NS. The fraction of sp³-hybridized carbons (Fsp3) is 0.625. The molecule has 1 N–H and O–H groups in total. The number of likely N-dealkylation sites (N-methyl/N-ethyl adjacent to an activating group) is 1. The van der Waals surface area contributed by atoms with Gasteiger partial charge in [0.25, 0.3) is 0 Å². The van der Waals surface area contributed by atoms with E-state index in [4.69, 9.17) is 0 Å². The van der Waals surface area contributed by atoms with Crippen molar-refractivity contribution in [2.45, 2.75) is 58.4 Å². The van der Waals surface area contributed by atoms with Crippen molar-refractivity contribution in [3.05, 3.63) is 33.5 Å². The Morgan fingerprint density at radius 1 is 1.22 bits per heavy atom. The summed E-state index contributed by atoms with van der Waals surface area (Å²) >= 11 is 1.94. The van der Waals surface area contributed by atoms with E-state index >= 15 is 0 Å². The molecule has 18 heavy (non-hydrogen) atoms. The van der Waals surface area contributed by atoms with Crippen LogP contribution in [0.2, 0.25) is 0 Å². The standard InChI is InChI=1S/C16H25NS/c1-3-17-16(15-12-11-13(2)18-15)14-9-7-5-4-6-8-10-14/h9,11-12,16-17H,3-8,10H2,1-2H3/b14-9+. The quantitative estimate of drug-likeness (QED) is 0.755. The van der Waals surface area contributed by atoms with E-state index < -0.39 is 0 Å². The zero-order chi connectivity index (χ0) is 12.8. The largest absolute Gasteiger partial charge is 0.306 e. The van der Waals surface area contributed by atoms with Crippen molar-refractivity contribution in [3.8, 4) is 0 Å². The minimum Gasteiger partial charge on any atom is -0.306 e. The lowest BCUT2D eigenvalue weighted by molar-refractivity contribution is 0.558. The summed E-state index contributed by atoms with van der Waals surface area (Å²) in [6.07, 6.45) is 10.6. The monoisotopic (exact) mass is 263 g/mol. The van der Waals surface area contributed by atoms with Gasteiger partial charge in [-0.05, 0) is 51.3 Å². The second kappa shape index (κ2) is 7.10. The van der Waals surface area contributed by atoms with Crippen LogP contribution in [0.5, 0.6) is 0 Å². The maximum absolute atomic E-state index is 3.67. The van der Waals surface area contributed by atoms with Crippen LogP contribution < -0.4 is 5.32 Å². The fourth-order valence-electron chi connectivity index (χ4n) is 2.71. The van der Waals surface area contributed by atoms with E-state index in [0.29, 0.717) is 6.04 Å². The summed E-state index contributed by atoms with van der Waals surface area (Å²) in [5.41, 5.74) is 1.62. The van der Waals surface area contributed by atoms with E-state index in [2.05, 4.69) is 37.4 Å². The van der Waals surface area contributed by atoms with Gasteiger partial charge in [0, 0.05) is 9.75 Å². The van der Waals surface area contributed by atoms with E-state index in [-0.39, 0.29) is 0 Å². The molecule has 1 atom stereocenters. The fourth-order valence-corrected chi connectivity index (χ4v) is 3.70. The average Bonchev–Trinajstić information content (AvgIpc) is 2.73. The molecule has 1 heterocycles. The molecule has 2 rings (SSSR count). The molecule has 1 nitrogen and oxygen atoms in total. The molecule has 0 fully saturated rings. The Hall–Kier alpha value is -0.600. The van der Waals surface area contributed by atoms with Gasteiger partial charge < -0.3 is 5.32 Å². The van der Waals surface area contributed by atoms with E-state index in [0.717, 1.165) is 6.54 Å². The van der Waals surface area contributed by atoms with Crippen molar-refractivity contribution >= 4 is 11.3 Å². The molecule has 1 aromatic rings. The maximum Gasteiger partial charge on any atom is 0.0630 e. The number of hydrogen-bond acceptors (Lipinski definition) is 2. The summed E-state index contributed by atoms with van der Waals surface area (Å²) in [6.45, 7) is 5.44. The molecule has 2 heteroatoms. The molecule has 0 aromatic carbocycles. The average molecular weight is 263 g/mol. The minimum atomic E-state index is 0.465. The molecular weight excluding hydrogens is 238 g/mol. The van der Waals surface area contributed by atoms with E-state index in [1.54, 1.807) is 5.57 Å². The summed E-state index contributed by atoms with van der Waals surface area (Å²) in [4.78, 5) is 2.90. The maximum atomic E-state index is 3.67. The molecule has 1 unspecified atom stereocenters. The number of nitrogens with one attached hydrogen (secondary N) is 1. The third kappa shape index (κ3) is 3.69. The first kappa shape index (κ1) is 13.8. The van der Waals surface area contributed by atoms with Crippen molar-refractivity contribution in [1.82, 2.24) is 5.32 Å². The topological polar surface area (TPSA) is 12.0 Å². The van der Waals surface area contributed by atoms with E-state index in [1.165, 1.54) is 48.3 Å². The van der Waals surface area contributed by atoms with Crippen LogP contribution in [0.1, 0.15) is 61.2 Å². The number of thiophene rings is 1. The Kier molecular flexibility index (Phi) is 5.45. The van der Waals surface area contributed by atoms with Crippen molar-refractivity contribution in [2.75, 3.05) is 6.54 Å². The summed E-state index contributed by atoms with van der Waals surface area (Å²) in [6, 6.07) is 5.01. The highest BCUT2D eigenvalue weighted by Gasteiger charge is 2.17. The second-order valence-electron chi connectivity index (χ2n) is 5.17. The number of aryl methyl sites for hydroxylation is 1. The predicted molar refractivity (Wildman–Crippen MR) is 81.3 cm³/mol. The molecule has 0 bridgehead atoms. The first-order chi connectivity index (χ1) is 8.81. The first-order valence-corrected chi connectivity index (χ1v) is 8.11. The van der Waals surface area contributed by atoms with Gasteiger partial charge >= 0.3 is 0 Å². The molecule has 0 radical (unpaired) electrons. The van der Waals surface area contributed by atoms with Crippen LogP contribution >= 0.6 is 11.3 Å². The Bertz CT molecular complexity index is 392. The van der Waals surface area contributed by atoms with Crippen LogP contribution in [0.3, 0.4) is 0 Å². The van der Waals surface area contributed by atoms with Crippen LogP contribution in [0.15, 0.2) is 23.8 Å². The van der Waals surface area contributed by atoms with Gasteiger partial charge in [-0.15, -0.1) is 11.3 Å². The molecule has 0 spiro atoms. The van der Waals surface area contributed by atoms with Gasteiger partial charge in [0.15, 0.2) is 0 Å². The Labute approximate surface area is 115 Å². The van der Waals surface area contributed by atoms with Gasteiger partial charge in [-0.1, -0.05) is 31.4 Å². The Balaban J connectivity index is 2.17. The van der Waals surface area contributed by atoms with E-state index in [9.17, 15) is 0 Å². The lowest BCUT2D eigenvalue weighted by Gasteiger charge is -2.22. The van der Waals surface area contributed by atoms with Crippen molar-refractivity contribution in [2.24, 2.45) is 0 Å². The molecule has 1 aliphatic carbocycles. The second-order valence-corrected chi connectivity index (χ2v) is 6.49. The molecule has 0 saturated carbocycles. The van der Waals surface area contributed by atoms with Gasteiger partial charge in [-0.25, -0.2) is 0 Å². The normalized spacial score (nSPS) is 21.8. The molecule has 0 amide bonds. The summed E-state index contributed by atoms with van der Waals surface area (Å²) in [5.74, 6) is 0. The highest BCUT2D eigenvalue weighted by molar-refractivity contribution is 7.12. The molecule has 0 aliphatic heterocycles. The van der Waals surface area contributed by atoms with Gasteiger partial charge in [0.05, 0.1) is 6.04 Å². The molecule has 100 valence electrons. The number of hydrogen-bond donors (Lipinski definition) is 1. The van der Waals surface area contributed by atoms with E-state index in [1.807, 2.05) is 11.3 Å². The zero-order valence-electron chi connectivity index (χ0n) is 11.7. The predicted octanol–water partition coefficient (Wildman–Crippen LogP) is 4.99. The van der Waals surface area contributed by atoms with Crippen LogP contribution in [0, 0.1) is 6.92 Å². The van der Waals surface area contributed by atoms with Crippen molar-refractivity contribution in [1.29, 1.82) is 0 Å². The summed E-state index contributed by atoms with van der Waals surface area (Å²) in [7, 11) is 0. The van der Waals surface area contributed by atoms with Crippen LogP contribution in [0.4, 0.5) is 0 Å². The Morgan fingerprint density at radius 2 is 2.06 bits per heavy atom. The van der Waals surface area contributed by atoms with Crippen molar-refractivity contribution < 1.29 is 0 Å². The van der Waals surface area contributed by atoms with Crippen LogP contribution in [0.25, 0.3) is 0 Å². The highest BCUT2D eigenvalue weighted by atomic mass is 32.1. The number of rotatable bonds is 4. The highest BCUT2D eigenvalue weighted by Crippen LogP contribution is 2.32. The zero-order valence-corrected chi connectivity index (χ0v) is 12.5. The lowest BCUT2D eigenvalue weighted by Crippen LogP contribution is -2.22. The lowest BCUT2D eigenvalue weighted by atomic mass is 9.94. The molecule has 1 aromatic heterocycles. The van der Waals surface area contributed by atoms with Crippen LogP contribution in [-0.4, -0.2) is 6.54 Å².